The van der Waals surface area contributed by atoms with Gasteiger partial charge in [0.25, 0.3) is 10.0 Å². The highest BCUT2D eigenvalue weighted by Gasteiger charge is 2.33. The van der Waals surface area contributed by atoms with Crippen LogP contribution in [0.15, 0.2) is 82.2 Å². The number of rotatable bonds is 13. The summed E-state index contributed by atoms with van der Waals surface area (Å²) in [4.78, 5) is 28.5. The van der Waals surface area contributed by atoms with Crippen LogP contribution in [-0.4, -0.2) is 58.5 Å². The van der Waals surface area contributed by atoms with Gasteiger partial charge < -0.3 is 19.7 Å². The standard InChI is InChI=1S/C30H36BrN3O6S/c1-21(2)18-32-30(36)22(3)33(19-23-10-9-11-24(31)16-23)29(35)20-34(41(37,38)26-12-7-6-8-13-26)25-14-15-27(39-4)28(17-25)40-5/h6-17,21-22H,18-20H2,1-5H3,(H,32,36)/t22-/m0/s1. The van der Waals surface area contributed by atoms with Crippen LogP contribution in [0.2, 0.25) is 0 Å². The van der Waals surface area contributed by atoms with E-state index in [0.717, 1.165) is 14.3 Å². The summed E-state index contributed by atoms with van der Waals surface area (Å²) in [5.74, 6) is 0.0542. The molecule has 0 aliphatic carbocycles. The first-order valence-electron chi connectivity index (χ1n) is 13.1. The highest BCUT2D eigenvalue weighted by atomic mass is 79.9. The predicted molar refractivity (Wildman–Crippen MR) is 163 cm³/mol. The van der Waals surface area contributed by atoms with Gasteiger partial charge in [0.05, 0.1) is 24.8 Å². The number of carbonyl (C=O) groups excluding carboxylic acids is 2. The van der Waals surface area contributed by atoms with Crippen LogP contribution in [0.25, 0.3) is 0 Å². The molecule has 0 radical (unpaired) electrons. The molecule has 1 atom stereocenters. The van der Waals surface area contributed by atoms with Crippen molar-refractivity contribution in [1.82, 2.24) is 10.2 Å². The number of anilines is 1. The van der Waals surface area contributed by atoms with E-state index in [2.05, 4.69) is 21.2 Å². The van der Waals surface area contributed by atoms with E-state index in [1.54, 1.807) is 37.3 Å². The van der Waals surface area contributed by atoms with E-state index < -0.39 is 28.5 Å². The fourth-order valence-corrected chi connectivity index (χ4v) is 5.97. The van der Waals surface area contributed by atoms with Crippen molar-refractivity contribution in [2.24, 2.45) is 5.92 Å². The lowest BCUT2D eigenvalue weighted by molar-refractivity contribution is -0.139. The number of methoxy groups -OCH3 is 2. The molecule has 0 fully saturated rings. The Morgan fingerprint density at radius 2 is 1.59 bits per heavy atom. The van der Waals surface area contributed by atoms with Gasteiger partial charge >= 0.3 is 0 Å². The van der Waals surface area contributed by atoms with Gasteiger partial charge in [0.1, 0.15) is 12.6 Å². The van der Waals surface area contributed by atoms with Crippen molar-refractivity contribution in [3.63, 3.8) is 0 Å². The van der Waals surface area contributed by atoms with Gasteiger partial charge in [-0.2, -0.15) is 0 Å². The summed E-state index contributed by atoms with van der Waals surface area (Å²) < 4.78 is 40.4. The molecule has 0 aliphatic heterocycles. The van der Waals surface area contributed by atoms with Crippen molar-refractivity contribution in [2.45, 2.75) is 38.3 Å². The Kier molecular flexibility index (Phi) is 11.2. The second kappa shape index (κ2) is 14.4. The number of benzene rings is 3. The smallest absolute Gasteiger partial charge is 0.264 e. The molecule has 9 nitrogen and oxygen atoms in total. The van der Waals surface area contributed by atoms with Crippen molar-refractivity contribution in [2.75, 3.05) is 31.6 Å². The number of halogens is 1. The third-order valence-electron chi connectivity index (χ3n) is 6.36. The summed E-state index contributed by atoms with van der Waals surface area (Å²) in [5.41, 5.74) is 0.985. The van der Waals surface area contributed by atoms with Gasteiger partial charge in [-0.25, -0.2) is 8.42 Å². The van der Waals surface area contributed by atoms with Gasteiger partial charge in [-0.1, -0.05) is 60.1 Å². The molecule has 3 rings (SSSR count). The van der Waals surface area contributed by atoms with E-state index in [0.29, 0.717) is 18.0 Å². The number of nitrogens with zero attached hydrogens (tertiary/aromatic N) is 2. The molecule has 0 aromatic heterocycles. The number of nitrogens with one attached hydrogen (secondary N) is 1. The molecule has 2 amide bonds. The zero-order valence-corrected chi connectivity index (χ0v) is 26.2. The summed E-state index contributed by atoms with van der Waals surface area (Å²) in [7, 11) is -1.27. The van der Waals surface area contributed by atoms with Crippen molar-refractivity contribution < 1.29 is 27.5 Å². The summed E-state index contributed by atoms with van der Waals surface area (Å²) in [6, 6.07) is 19.0. The minimum Gasteiger partial charge on any atom is -0.493 e. The molecule has 220 valence electrons. The average Bonchev–Trinajstić information content (AvgIpc) is 2.96. The molecule has 3 aromatic rings. The zero-order chi connectivity index (χ0) is 30.2. The maximum Gasteiger partial charge on any atom is 0.264 e. The highest BCUT2D eigenvalue weighted by Crippen LogP contribution is 2.34. The molecule has 0 saturated carbocycles. The summed E-state index contributed by atoms with van der Waals surface area (Å²) in [5, 5.41) is 2.88. The van der Waals surface area contributed by atoms with Crippen LogP contribution in [0.5, 0.6) is 11.5 Å². The summed E-state index contributed by atoms with van der Waals surface area (Å²) in [6.07, 6.45) is 0. The third kappa shape index (κ3) is 8.23. The fraction of sp³-hybridized carbons (Fsp3) is 0.333. The molecule has 41 heavy (non-hydrogen) atoms. The van der Waals surface area contributed by atoms with Crippen molar-refractivity contribution in [3.05, 3.63) is 82.8 Å². The van der Waals surface area contributed by atoms with Gasteiger partial charge in [0.2, 0.25) is 11.8 Å². The molecular weight excluding hydrogens is 610 g/mol. The van der Waals surface area contributed by atoms with E-state index in [1.165, 1.54) is 37.3 Å². The Balaban J connectivity index is 2.06. The van der Waals surface area contributed by atoms with E-state index in [9.17, 15) is 18.0 Å². The molecular formula is C30H36BrN3O6S. The van der Waals surface area contributed by atoms with Crippen molar-refractivity contribution in [3.8, 4) is 11.5 Å². The minimum absolute atomic E-state index is 0.0175. The lowest BCUT2D eigenvalue weighted by atomic mass is 10.1. The van der Waals surface area contributed by atoms with E-state index >= 15 is 0 Å². The first-order chi connectivity index (χ1) is 19.5. The average molecular weight is 647 g/mol. The summed E-state index contributed by atoms with van der Waals surface area (Å²) >= 11 is 3.45. The fourth-order valence-electron chi connectivity index (χ4n) is 4.10. The first kappa shape index (κ1) is 32.0. The third-order valence-corrected chi connectivity index (χ3v) is 8.64. The second-order valence-corrected chi connectivity index (χ2v) is 12.6. The van der Waals surface area contributed by atoms with Crippen LogP contribution >= 0.6 is 15.9 Å². The van der Waals surface area contributed by atoms with Crippen LogP contribution in [0.1, 0.15) is 26.3 Å². The van der Waals surface area contributed by atoms with Gasteiger partial charge in [-0.05, 0) is 54.8 Å². The second-order valence-electron chi connectivity index (χ2n) is 9.83. The number of sulfonamides is 1. The molecule has 0 bridgehead atoms. The molecule has 0 saturated heterocycles. The zero-order valence-electron chi connectivity index (χ0n) is 23.8. The van der Waals surface area contributed by atoms with Gasteiger partial charge in [0.15, 0.2) is 11.5 Å². The Labute approximate surface area is 250 Å². The lowest BCUT2D eigenvalue weighted by Crippen LogP contribution is -2.51. The van der Waals surface area contributed by atoms with E-state index in [4.69, 9.17) is 9.47 Å². The monoisotopic (exact) mass is 645 g/mol. The Hall–Kier alpha value is -3.57. The molecule has 0 unspecified atom stereocenters. The molecule has 11 heteroatoms. The normalized spacial score (nSPS) is 12.0. The number of hydrogen-bond donors (Lipinski definition) is 1. The van der Waals surface area contributed by atoms with Crippen LogP contribution in [0.3, 0.4) is 0 Å². The number of ether oxygens (including phenoxy) is 2. The maximum absolute atomic E-state index is 14.0. The Morgan fingerprint density at radius 3 is 2.20 bits per heavy atom. The molecule has 1 N–H and O–H groups in total. The van der Waals surface area contributed by atoms with E-state index in [-0.39, 0.29) is 29.0 Å². The molecule has 0 spiro atoms. The largest absolute Gasteiger partial charge is 0.493 e. The van der Waals surface area contributed by atoms with Gasteiger partial charge in [-0.15, -0.1) is 0 Å². The van der Waals surface area contributed by atoms with Crippen LogP contribution in [0, 0.1) is 5.92 Å². The quantitative estimate of drug-likeness (QED) is 0.285. The molecule has 0 heterocycles. The van der Waals surface area contributed by atoms with Gasteiger partial charge in [-0.3, -0.25) is 13.9 Å². The maximum atomic E-state index is 14.0. The van der Waals surface area contributed by atoms with Crippen molar-refractivity contribution in [1.29, 1.82) is 0 Å². The topological polar surface area (TPSA) is 105 Å². The minimum atomic E-state index is -4.19. The first-order valence-corrected chi connectivity index (χ1v) is 15.3. The van der Waals surface area contributed by atoms with Crippen molar-refractivity contribution >= 4 is 43.5 Å². The Bertz CT molecular complexity index is 1450. The highest BCUT2D eigenvalue weighted by molar-refractivity contribution is 9.10. The lowest BCUT2D eigenvalue weighted by Gasteiger charge is -2.32. The predicted octanol–water partition coefficient (Wildman–Crippen LogP) is 4.85. The molecule has 0 aliphatic rings. The SMILES string of the molecule is COc1ccc(N(CC(=O)N(Cc2cccc(Br)c2)[C@@H](C)C(=O)NCC(C)C)S(=O)(=O)c2ccccc2)cc1OC. The number of amides is 2. The summed E-state index contributed by atoms with van der Waals surface area (Å²) in [6.45, 7) is 5.58. The number of hydrogen-bond acceptors (Lipinski definition) is 6. The van der Waals surface area contributed by atoms with Crippen LogP contribution < -0.4 is 19.1 Å². The van der Waals surface area contributed by atoms with Crippen LogP contribution in [-0.2, 0) is 26.2 Å². The van der Waals surface area contributed by atoms with E-state index in [1.807, 2.05) is 38.1 Å². The Morgan fingerprint density at radius 1 is 0.902 bits per heavy atom. The van der Waals surface area contributed by atoms with Crippen LogP contribution in [0.4, 0.5) is 5.69 Å². The number of carbonyl (C=O) groups is 2. The molecule has 3 aromatic carbocycles. The van der Waals surface area contributed by atoms with Gasteiger partial charge in [0, 0.05) is 23.6 Å².